The summed E-state index contributed by atoms with van der Waals surface area (Å²) in [6.07, 6.45) is 0.733. The Hall–Kier alpha value is -1.26. The molecule has 0 saturated carbocycles. The van der Waals surface area contributed by atoms with Crippen LogP contribution in [-0.2, 0) is 6.42 Å². The van der Waals surface area contributed by atoms with Gasteiger partial charge in [0.05, 0.1) is 20.8 Å². The molecule has 1 aromatic rings. The highest BCUT2D eigenvalue weighted by molar-refractivity contribution is 5.43. The average molecular weight is 281 g/mol. The first-order chi connectivity index (χ1) is 9.44. The van der Waals surface area contributed by atoms with E-state index >= 15 is 0 Å². The van der Waals surface area contributed by atoms with Gasteiger partial charge in [-0.05, 0) is 43.5 Å². The van der Waals surface area contributed by atoms with Crippen LogP contribution in [0.2, 0.25) is 0 Å². The van der Waals surface area contributed by atoms with Gasteiger partial charge in [0.15, 0.2) is 11.5 Å². The van der Waals surface area contributed by atoms with E-state index in [-0.39, 0.29) is 12.1 Å². The zero-order chi connectivity index (χ0) is 15.2. The molecule has 4 heteroatoms. The SMILES string of the molecule is COc1ccc(CC(C)(CO)NCC(C)C)cc1OC. The molecule has 0 spiro atoms. The van der Waals surface area contributed by atoms with Crippen LogP contribution < -0.4 is 14.8 Å². The van der Waals surface area contributed by atoms with Crippen LogP contribution in [0.5, 0.6) is 11.5 Å². The zero-order valence-electron chi connectivity index (χ0n) is 13.2. The number of rotatable bonds is 8. The van der Waals surface area contributed by atoms with Gasteiger partial charge >= 0.3 is 0 Å². The molecule has 0 amide bonds. The van der Waals surface area contributed by atoms with Crippen molar-refractivity contribution in [3.63, 3.8) is 0 Å². The summed E-state index contributed by atoms with van der Waals surface area (Å²) in [5.74, 6) is 1.98. The van der Waals surface area contributed by atoms with Crippen molar-refractivity contribution in [2.45, 2.75) is 32.7 Å². The Morgan fingerprint density at radius 2 is 1.85 bits per heavy atom. The molecule has 0 fully saturated rings. The Morgan fingerprint density at radius 1 is 1.20 bits per heavy atom. The molecule has 0 aromatic heterocycles. The number of aliphatic hydroxyl groups excluding tert-OH is 1. The monoisotopic (exact) mass is 281 g/mol. The van der Waals surface area contributed by atoms with E-state index < -0.39 is 0 Å². The van der Waals surface area contributed by atoms with Gasteiger partial charge in [0, 0.05) is 5.54 Å². The highest BCUT2D eigenvalue weighted by Crippen LogP contribution is 2.29. The summed E-state index contributed by atoms with van der Waals surface area (Å²) in [7, 11) is 3.25. The van der Waals surface area contributed by atoms with Crippen molar-refractivity contribution in [1.29, 1.82) is 0 Å². The van der Waals surface area contributed by atoms with Gasteiger partial charge in [-0.1, -0.05) is 19.9 Å². The number of hydrogen-bond donors (Lipinski definition) is 2. The summed E-state index contributed by atoms with van der Waals surface area (Å²) in [5, 5.41) is 13.1. The highest BCUT2D eigenvalue weighted by atomic mass is 16.5. The van der Waals surface area contributed by atoms with Crippen LogP contribution in [0, 0.1) is 5.92 Å². The van der Waals surface area contributed by atoms with E-state index in [9.17, 15) is 5.11 Å². The second kappa shape index (κ2) is 7.50. The summed E-state index contributed by atoms with van der Waals surface area (Å²) >= 11 is 0. The van der Waals surface area contributed by atoms with Gasteiger partial charge < -0.3 is 19.9 Å². The van der Waals surface area contributed by atoms with E-state index in [2.05, 4.69) is 19.2 Å². The summed E-state index contributed by atoms with van der Waals surface area (Å²) in [6, 6.07) is 5.87. The lowest BCUT2D eigenvalue weighted by atomic mass is 9.92. The fraction of sp³-hybridized carbons (Fsp3) is 0.625. The lowest BCUT2D eigenvalue weighted by Gasteiger charge is -2.30. The zero-order valence-corrected chi connectivity index (χ0v) is 13.2. The minimum Gasteiger partial charge on any atom is -0.493 e. The maximum Gasteiger partial charge on any atom is 0.160 e. The Labute approximate surface area is 122 Å². The molecule has 1 unspecified atom stereocenters. The Morgan fingerprint density at radius 3 is 2.35 bits per heavy atom. The molecule has 0 heterocycles. The van der Waals surface area contributed by atoms with Gasteiger partial charge in [-0.3, -0.25) is 0 Å². The van der Waals surface area contributed by atoms with Gasteiger partial charge in [-0.2, -0.15) is 0 Å². The van der Waals surface area contributed by atoms with Gasteiger partial charge in [0.1, 0.15) is 0 Å². The van der Waals surface area contributed by atoms with E-state index in [0.29, 0.717) is 11.7 Å². The molecular weight excluding hydrogens is 254 g/mol. The van der Waals surface area contributed by atoms with Crippen molar-refractivity contribution in [3.05, 3.63) is 23.8 Å². The molecule has 4 nitrogen and oxygen atoms in total. The molecule has 0 bridgehead atoms. The van der Waals surface area contributed by atoms with Crippen molar-refractivity contribution in [2.24, 2.45) is 5.92 Å². The second-order valence-corrected chi connectivity index (χ2v) is 5.86. The van der Waals surface area contributed by atoms with Crippen LogP contribution in [0.1, 0.15) is 26.3 Å². The Bertz CT molecular complexity index is 420. The van der Waals surface area contributed by atoms with E-state index in [4.69, 9.17) is 9.47 Å². The van der Waals surface area contributed by atoms with Gasteiger partial charge in [0.25, 0.3) is 0 Å². The summed E-state index contributed by atoms with van der Waals surface area (Å²) < 4.78 is 10.6. The Balaban J connectivity index is 2.83. The van der Waals surface area contributed by atoms with Crippen LogP contribution in [0.4, 0.5) is 0 Å². The van der Waals surface area contributed by atoms with Crippen LogP contribution in [0.3, 0.4) is 0 Å². The number of aliphatic hydroxyl groups is 1. The molecule has 114 valence electrons. The Kier molecular flexibility index (Phi) is 6.30. The molecule has 1 rings (SSSR count). The highest BCUT2D eigenvalue weighted by Gasteiger charge is 2.24. The molecule has 0 aliphatic rings. The molecular formula is C16H27NO3. The summed E-state index contributed by atoms with van der Waals surface area (Å²) in [4.78, 5) is 0. The molecule has 0 aliphatic carbocycles. The van der Waals surface area contributed by atoms with E-state index in [1.807, 2.05) is 25.1 Å². The van der Waals surface area contributed by atoms with Gasteiger partial charge in [-0.15, -0.1) is 0 Å². The number of benzene rings is 1. The van der Waals surface area contributed by atoms with Gasteiger partial charge in [-0.25, -0.2) is 0 Å². The van der Waals surface area contributed by atoms with Crippen LogP contribution in [-0.4, -0.2) is 38.0 Å². The quantitative estimate of drug-likeness (QED) is 0.767. The largest absolute Gasteiger partial charge is 0.493 e. The molecule has 0 radical (unpaired) electrons. The first-order valence-electron chi connectivity index (χ1n) is 7.01. The summed E-state index contributed by atoms with van der Waals surface area (Å²) in [5.41, 5.74) is 0.777. The lowest BCUT2D eigenvalue weighted by molar-refractivity contribution is 0.170. The third kappa shape index (κ3) is 4.69. The van der Waals surface area contributed by atoms with Crippen molar-refractivity contribution in [1.82, 2.24) is 5.32 Å². The first-order valence-corrected chi connectivity index (χ1v) is 7.01. The predicted molar refractivity (Wildman–Crippen MR) is 81.6 cm³/mol. The molecule has 20 heavy (non-hydrogen) atoms. The molecule has 2 N–H and O–H groups in total. The van der Waals surface area contributed by atoms with Crippen LogP contribution in [0.25, 0.3) is 0 Å². The van der Waals surface area contributed by atoms with E-state index in [1.54, 1.807) is 14.2 Å². The molecule has 1 atom stereocenters. The number of hydrogen-bond acceptors (Lipinski definition) is 4. The summed E-state index contributed by atoms with van der Waals surface area (Å²) in [6.45, 7) is 7.31. The average Bonchev–Trinajstić information content (AvgIpc) is 2.45. The van der Waals surface area contributed by atoms with E-state index in [1.165, 1.54) is 0 Å². The van der Waals surface area contributed by atoms with Crippen molar-refractivity contribution < 1.29 is 14.6 Å². The molecule has 1 aromatic carbocycles. The van der Waals surface area contributed by atoms with Crippen molar-refractivity contribution in [2.75, 3.05) is 27.4 Å². The van der Waals surface area contributed by atoms with Gasteiger partial charge in [0.2, 0.25) is 0 Å². The first kappa shape index (κ1) is 16.8. The smallest absolute Gasteiger partial charge is 0.160 e. The fourth-order valence-electron chi connectivity index (χ4n) is 2.07. The number of ether oxygens (including phenoxy) is 2. The van der Waals surface area contributed by atoms with Crippen LogP contribution in [0.15, 0.2) is 18.2 Å². The third-order valence-electron chi connectivity index (χ3n) is 3.33. The van der Waals surface area contributed by atoms with Crippen LogP contribution >= 0.6 is 0 Å². The minimum atomic E-state index is -0.329. The number of nitrogens with one attached hydrogen (secondary N) is 1. The van der Waals surface area contributed by atoms with E-state index in [0.717, 1.165) is 24.3 Å². The lowest BCUT2D eigenvalue weighted by Crippen LogP contribution is -2.49. The standard InChI is InChI=1S/C16H27NO3/c1-12(2)10-17-16(3,11-18)9-13-6-7-14(19-4)15(8-13)20-5/h6-8,12,17-18H,9-11H2,1-5H3. The third-order valence-corrected chi connectivity index (χ3v) is 3.33. The normalized spacial score (nSPS) is 14.2. The van der Waals surface area contributed by atoms with Crippen molar-refractivity contribution >= 4 is 0 Å². The second-order valence-electron chi connectivity index (χ2n) is 5.86. The topological polar surface area (TPSA) is 50.7 Å². The maximum absolute atomic E-state index is 9.67. The minimum absolute atomic E-state index is 0.0913. The maximum atomic E-state index is 9.67. The fourth-order valence-corrected chi connectivity index (χ4v) is 2.07. The molecule has 0 aliphatic heterocycles. The molecule has 0 saturated heterocycles. The number of methoxy groups -OCH3 is 2. The predicted octanol–water partition coefficient (Wildman–Crippen LogP) is 2.24. The van der Waals surface area contributed by atoms with Crippen molar-refractivity contribution in [3.8, 4) is 11.5 Å².